The number of nitrogens with zero attached hydrogens (tertiary/aromatic N) is 1. The number of rotatable bonds is 5. The van der Waals surface area contributed by atoms with E-state index in [9.17, 15) is 4.79 Å². The molecule has 0 aliphatic carbocycles. The Morgan fingerprint density at radius 1 is 1.26 bits per heavy atom. The summed E-state index contributed by atoms with van der Waals surface area (Å²) in [7, 11) is 0. The van der Waals surface area contributed by atoms with Gasteiger partial charge in [0.15, 0.2) is 5.60 Å². The van der Waals surface area contributed by atoms with Gasteiger partial charge in [-0.3, -0.25) is 4.79 Å². The largest absolute Gasteiger partial charge is 0.478 e. The Bertz CT molecular complexity index is 520. The first-order valence-corrected chi connectivity index (χ1v) is 9.07. The van der Waals surface area contributed by atoms with Crippen LogP contribution in [0, 0.1) is 0 Å². The third-order valence-electron chi connectivity index (χ3n) is 4.33. The Kier molecular flexibility index (Phi) is 6.09. The Balaban J connectivity index is 1.87. The number of carbonyl (C=O) groups is 1. The Morgan fingerprint density at radius 3 is 2.35 bits per heavy atom. The molecule has 0 unspecified atom stereocenters. The summed E-state index contributed by atoms with van der Waals surface area (Å²) in [6.07, 6.45) is 2.00. The summed E-state index contributed by atoms with van der Waals surface area (Å²) >= 11 is 3.40. The van der Waals surface area contributed by atoms with Gasteiger partial charge < -0.3 is 15.0 Å². The molecule has 4 nitrogen and oxygen atoms in total. The third kappa shape index (κ3) is 5.21. The third-order valence-corrected chi connectivity index (χ3v) is 4.86. The maximum Gasteiger partial charge on any atom is 0.263 e. The molecule has 1 amide bonds. The number of likely N-dealkylation sites (tertiary alicyclic amines) is 1. The van der Waals surface area contributed by atoms with Crippen molar-refractivity contribution >= 4 is 21.8 Å². The minimum absolute atomic E-state index is 0.0524. The van der Waals surface area contributed by atoms with Crippen LogP contribution in [-0.4, -0.2) is 41.6 Å². The van der Waals surface area contributed by atoms with Crippen molar-refractivity contribution in [2.24, 2.45) is 0 Å². The minimum atomic E-state index is -0.886. The van der Waals surface area contributed by atoms with Crippen molar-refractivity contribution in [1.29, 1.82) is 0 Å². The maximum atomic E-state index is 12.6. The molecule has 0 radical (unpaired) electrons. The van der Waals surface area contributed by atoms with Gasteiger partial charge in [-0.2, -0.15) is 0 Å². The molecule has 1 aromatic carbocycles. The van der Waals surface area contributed by atoms with Gasteiger partial charge in [-0.25, -0.2) is 0 Å². The van der Waals surface area contributed by atoms with Crippen LogP contribution >= 0.6 is 15.9 Å². The highest BCUT2D eigenvalue weighted by Crippen LogP contribution is 2.22. The number of benzene rings is 1. The Labute approximate surface area is 147 Å². The highest BCUT2D eigenvalue weighted by atomic mass is 79.9. The SMILES string of the molecule is CC(C)N1CCC(NC(=O)C(C)(C)Oc2ccc(Br)cc2)CC1. The summed E-state index contributed by atoms with van der Waals surface area (Å²) in [6, 6.07) is 8.35. The summed E-state index contributed by atoms with van der Waals surface area (Å²) in [5.41, 5.74) is -0.886. The van der Waals surface area contributed by atoms with Gasteiger partial charge in [-0.05, 0) is 64.8 Å². The van der Waals surface area contributed by atoms with Crippen molar-refractivity contribution in [3.63, 3.8) is 0 Å². The average Bonchev–Trinajstić information content (AvgIpc) is 2.50. The fourth-order valence-corrected chi connectivity index (χ4v) is 3.03. The van der Waals surface area contributed by atoms with Crippen molar-refractivity contribution < 1.29 is 9.53 Å². The average molecular weight is 383 g/mol. The van der Waals surface area contributed by atoms with Crippen LogP contribution in [-0.2, 0) is 4.79 Å². The molecular formula is C18H27BrN2O2. The standard InChI is InChI=1S/C18H27BrN2O2/c1-13(2)21-11-9-15(10-12-21)20-17(22)18(3,4)23-16-7-5-14(19)6-8-16/h5-8,13,15H,9-12H2,1-4H3,(H,20,22). The number of piperidine rings is 1. The maximum absolute atomic E-state index is 12.6. The summed E-state index contributed by atoms with van der Waals surface area (Å²) < 4.78 is 6.87. The normalized spacial score (nSPS) is 17.3. The first-order valence-electron chi connectivity index (χ1n) is 8.27. The first kappa shape index (κ1) is 18.3. The van der Waals surface area contributed by atoms with Gasteiger partial charge in [0.25, 0.3) is 5.91 Å². The van der Waals surface area contributed by atoms with Gasteiger partial charge >= 0.3 is 0 Å². The minimum Gasteiger partial charge on any atom is -0.478 e. The van der Waals surface area contributed by atoms with Gasteiger partial charge in [0.05, 0.1) is 0 Å². The summed E-state index contributed by atoms with van der Waals surface area (Å²) in [5, 5.41) is 3.15. The molecule has 23 heavy (non-hydrogen) atoms. The summed E-state index contributed by atoms with van der Waals surface area (Å²) in [6.45, 7) is 10.1. The lowest BCUT2D eigenvalue weighted by molar-refractivity contribution is -0.135. The molecule has 1 aliphatic rings. The smallest absolute Gasteiger partial charge is 0.263 e. The molecule has 1 aromatic rings. The Morgan fingerprint density at radius 2 is 1.83 bits per heavy atom. The lowest BCUT2D eigenvalue weighted by atomic mass is 10.0. The van der Waals surface area contributed by atoms with E-state index in [-0.39, 0.29) is 11.9 Å². The second kappa shape index (κ2) is 7.67. The quantitative estimate of drug-likeness (QED) is 0.845. The molecule has 1 heterocycles. The number of amides is 1. The number of nitrogens with one attached hydrogen (secondary N) is 1. The van der Waals surface area contributed by atoms with E-state index >= 15 is 0 Å². The van der Waals surface area contributed by atoms with Gasteiger partial charge in [0.2, 0.25) is 0 Å². The van der Waals surface area contributed by atoms with Crippen LogP contribution < -0.4 is 10.1 Å². The van der Waals surface area contributed by atoms with Gasteiger partial charge in [-0.15, -0.1) is 0 Å². The van der Waals surface area contributed by atoms with E-state index < -0.39 is 5.60 Å². The fourth-order valence-electron chi connectivity index (χ4n) is 2.76. The van der Waals surface area contributed by atoms with Crippen LogP contribution in [0.5, 0.6) is 5.75 Å². The van der Waals surface area contributed by atoms with Gasteiger partial charge in [0, 0.05) is 29.6 Å². The molecule has 0 atom stereocenters. The van der Waals surface area contributed by atoms with E-state index in [1.165, 1.54) is 0 Å². The highest BCUT2D eigenvalue weighted by Gasteiger charge is 2.32. The predicted molar refractivity (Wildman–Crippen MR) is 96.7 cm³/mol. The van der Waals surface area contributed by atoms with Crippen LogP contribution in [0.2, 0.25) is 0 Å². The molecule has 0 bridgehead atoms. The predicted octanol–water partition coefficient (Wildman–Crippen LogP) is 3.60. The monoisotopic (exact) mass is 382 g/mol. The highest BCUT2D eigenvalue weighted by molar-refractivity contribution is 9.10. The lowest BCUT2D eigenvalue weighted by Crippen LogP contribution is -2.53. The molecule has 1 N–H and O–H groups in total. The first-order chi connectivity index (χ1) is 10.8. The van der Waals surface area contributed by atoms with Crippen LogP contribution in [0.25, 0.3) is 0 Å². The van der Waals surface area contributed by atoms with E-state index in [4.69, 9.17) is 4.74 Å². The van der Waals surface area contributed by atoms with Crippen molar-refractivity contribution in [2.45, 2.75) is 58.2 Å². The van der Waals surface area contributed by atoms with Crippen molar-refractivity contribution in [2.75, 3.05) is 13.1 Å². The van der Waals surface area contributed by atoms with Crippen molar-refractivity contribution in [1.82, 2.24) is 10.2 Å². The molecule has 128 valence electrons. The van der Waals surface area contributed by atoms with Crippen LogP contribution in [0.1, 0.15) is 40.5 Å². The number of halogens is 1. The number of ether oxygens (including phenoxy) is 1. The zero-order chi connectivity index (χ0) is 17.0. The molecule has 1 fully saturated rings. The van der Waals surface area contributed by atoms with Gasteiger partial charge in [-0.1, -0.05) is 15.9 Å². The number of hydrogen-bond acceptors (Lipinski definition) is 3. The summed E-state index contributed by atoms with van der Waals surface area (Å²) in [5.74, 6) is 0.645. The van der Waals surface area contributed by atoms with E-state index in [2.05, 4.69) is 40.0 Å². The topological polar surface area (TPSA) is 41.6 Å². The van der Waals surface area contributed by atoms with E-state index in [0.717, 1.165) is 30.4 Å². The second-order valence-corrected chi connectivity index (χ2v) is 7.86. The molecule has 1 saturated heterocycles. The molecule has 5 heteroatoms. The lowest BCUT2D eigenvalue weighted by Gasteiger charge is -2.36. The van der Waals surface area contributed by atoms with Crippen molar-refractivity contribution in [3.05, 3.63) is 28.7 Å². The van der Waals surface area contributed by atoms with Crippen LogP contribution in [0.15, 0.2) is 28.7 Å². The van der Waals surface area contributed by atoms with Crippen molar-refractivity contribution in [3.8, 4) is 5.75 Å². The molecule has 0 aromatic heterocycles. The summed E-state index contributed by atoms with van der Waals surface area (Å²) in [4.78, 5) is 15.0. The fraction of sp³-hybridized carbons (Fsp3) is 0.611. The Hall–Kier alpha value is -1.07. The number of hydrogen-bond donors (Lipinski definition) is 1. The van der Waals surface area contributed by atoms with Crippen LogP contribution in [0.3, 0.4) is 0 Å². The van der Waals surface area contributed by atoms with E-state index in [1.807, 2.05) is 38.1 Å². The zero-order valence-electron chi connectivity index (χ0n) is 14.4. The van der Waals surface area contributed by atoms with Gasteiger partial charge in [0.1, 0.15) is 5.75 Å². The molecule has 1 aliphatic heterocycles. The molecule has 0 spiro atoms. The molecule has 0 saturated carbocycles. The second-order valence-electron chi connectivity index (χ2n) is 6.94. The number of carbonyl (C=O) groups excluding carboxylic acids is 1. The van der Waals surface area contributed by atoms with E-state index in [0.29, 0.717) is 11.8 Å². The zero-order valence-corrected chi connectivity index (χ0v) is 16.0. The molecular weight excluding hydrogens is 356 g/mol. The molecule has 2 rings (SSSR count). The van der Waals surface area contributed by atoms with E-state index in [1.54, 1.807) is 0 Å². The van der Waals surface area contributed by atoms with Crippen LogP contribution in [0.4, 0.5) is 0 Å².